The number of ether oxygens (including phenoxy) is 2. The molecule has 0 radical (unpaired) electrons. The van der Waals surface area contributed by atoms with E-state index in [1.54, 1.807) is 0 Å². The lowest BCUT2D eigenvalue weighted by molar-refractivity contribution is -0.161. The second kappa shape index (κ2) is 42.1. The Labute approximate surface area is 331 Å². The minimum Gasteiger partial charge on any atom is -0.462 e. The number of esters is 2. The minimum atomic E-state index is -0.764. The van der Waals surface area contributed by atoms with E-state index in [9.17, 15) is 14.7 Å². The van der Waals surface area contributed by atoms with Gasteiger partial charge in [-0.2, -0.15) is 0 Å². The Hall–Kier alpha value is -1.10. The van der Waals surface area contributed by atoms with Crippen molar-refractivity contribution < 1.29 is 24.2 Å². The maximum Gasteiger partial charge on any atom is 0.306 e. The molecule has 5 nitrogen and oxygen atoms in total. The summed E-state index contributed by atoms with van der Waals surface area (Å²) in [5.74, 6) is 1.19. The highest BCUT2D eigenvalue weighted by Crippen LogP contribution is 2.18. The lowest BCUT2D eigenvalue weighted by Crippen LogP contribution is -2.28. The third-order valence-electron chi connectivity index (χ3n) is 11.4. The fourth-order valence-electron chi connectivity index (χ4n) is 7.36. The summed E-state index contributed by atoms with van der Waals surface area (Å²) >= 11 is 0. The predicted octanol–water partition coefficient (Wildman–Crippen LogP) is 15.2. The van der Waals surface area contributed by atoms with Gasteiger partial charge in [0.1, 0.15) is 6.61 Å². The van der Waals surface area contributed by atoms with Gasteiger partial charge >= 0.3 is 11.9 Å². The lowest BCUT2D eigenvalue weighted by Gasteiger charge is -2.15. The molecule has 0 aromatic carbocycles. The molecular formula is C48H94O5. The maximum absolute atomic E-state index is 12.2. The molecule has 316 valence electrons. The Kier molecular flexibility index (Phi) is 41.2. The van der Waals surface area contributed by atoms with Gasteiger partial charge in [-0.1, -0.05) is 240 Å². The summed E-state index contributed by atoms with van der Waals surface area (Å²) in [6, 6.07) is 0. The quantitative estimate of drug-likeness (QED) is 0.0496. The number of hydrogen-bond acceptors (Lipinski definition) is 5. The largest absolute Gasteiger partial charge is 0.462 e. The molecule has 0 rings (SSSR count). The summed E-state index contributed by atoms with van der Waals surface area (Å²) in [7, 11) is 0. The van der Waals surface area contributed by atoms with Crippen molar-refractivity contribution in [2.24, 2.45) is 11.8 Å². The highest BCUT2D eigenvalue weighted by Gasteiger charge is 2.16. The van der Waals surface area contributed by atoms with Crippen molar-refractivity contribution in [3.8, 4) is 0 Å². The number of aliphatic hydroxyl groups excluding tert-OH is 1. The smallest absolute Gasteiger partial charge is 0.306 e. The zero-order valence-corrected chi connectivity index (χ0v) is 36.4. The molecular weight excluding hydrogens is 657 g/mol. The first-order chi connectivity index (χ1) is 25.9. The molecule has 0 heterocycles. The van der Waals surface area contributed by atoms with E-state index in [0.29, 0.717) is 12.8 Å². The van der Waals surface area contributed by atoms with Crippen molar-refractivity contribution in [2.75, 3.05) is 13.2 Å². The average molecular weight is 751 g/mol. The predicted molar refractivity (Wildman–Crippen MR) is 228 cm³/mol. The average Bonchev–Trinajstić information content (AvgIpc) is 3.15. The molecule has 0 saturated carbocycles. The molecule has 1 N–H and O–H groups in total. The van der Waals surface area contributed by atoms with Crippen LogP contribution in [0, 0.1) is 11.8 Å². The summed E-state index contributed by atoms with van der Waals surface area (Å²) < 4.78 is 10.7. The Morgan fingerprint density at radius 2 is 0.736 bits per heavy atom. The minimum absolute atomic E-state index is 0.0575. The Balaban J connectivity index is 3.45. The number of carbonyl (C=O) groups is 2. The van der Waals surface area contributed by atoms with Gasteiger partial charge in [-0.25, -0.2) is 0 Å². The van der Waals surface area contributed by atoms with Crippen LogP contribution in [0.1, 0.15) is 265 Å². The molecule has 0 aliphatic heterocycles. The van der Waals surface area contributed by atoms with Gasteiger partial charge < -0.3 is 14.6 Å². The number of hydrogen-bond donors (Lipinski definition) is 1. The van der Waals surface area contributed by atoms with Crippen molar-refractivity contribution in [3.05, 3.63) is 0 Å². The van der Waals surface area contributed by atoms with Crippen LogP contribution in [0.2, 0.25) is 0 Å². The molecule has 1 unspecified atom stereocenters. The van der Waals surface area contributed by atoms with Crippen LogP contribution in [0.5, 0.6) is 0 Å². The molecule has 0 spiro atoms. The fourth-order valence-corrected chi connectivity index (χ4v) is 7.36. The standard InChI is InChI=1S/C48H94O5/c1-5-45(4)39-35-31-27-23-19-15-10-8-6-7-9-11-17-21-25-29-33-37-41-48(51)53-46(42-49)43-52-47(50)40-36-32-28-24-20-16-13-12-14-18-22-26-30-34-38-44(2)3/h44-46,49H,5-43H2,1-4H3/t45?,46-/m0/s1. The van der Waals surface area contributed by atoms with Crippen molar-refractivity contribution in [1.82, 2.24) is 0 Å². The summed E-state index contributed by atoms with van der Waals surface area (Å²) in [6.45, 7) is 8.94. The first kappa shape index (κ1) is 51.9. The number of rotatable bonds is 43. The van der Waals surface area contributed by atoms with Gasteiger partial charge in [0.05, 0.1) is 6.61 Å². The lowest BCUT2D eigenvalue weighted by atomic mass is 9.99. The van der Waals surface area contributed by atoms with Crippen molar-refractivity contribution in [2.45, 2.75) is 271 Å². The zero-order valence-electron chi connectivity index (χ0n) is 36.4. The van der Waals surface area contributed by atoms with E-state index in [1.165, 1.54) is 193 Å². The monoisotopic (exact) mass is 751 g/mol. The van der Waals surface area contributed by atoms with Crippen LogP contribution in [0.25, 0.3) is 0 Å². The van der Waals surface area contributed by atoms with Gasteiger partial charge in [0, 0.05) is 12.8 Å². The Morgan fingerprint density at radius 1 is 0.434 bits per heavy atom. The van der Waals surface area contributed by atoms with Gasteiger partial charge in [0.15, 0.2) is 6.10 Å². The molecule has 0 aliphatic carbocycles. The Morgan fingerprint density at radius 3 is 1.06 bits per heavy atom. The van der Waals surface area contributed by atoms with E-state index in [4.69, 9.17) is 9.47 Å². The van der Waals surface area contributed by atoms with Crippen LogP contribution < -0.4 is 0 Å². The van der Waals surface area contributed by atoms with E-state index in [-0.39, 0.29) is 25.2 Å². The van der Waals surface area contributed by atoms with Gasteiger partial charge in [0.25, 0.3) is 0 Å². The van der Waals surface area contributed by atoms with Crippen LogP contribution >= 0.6 is 0 Å². The van der Waals surface area contributed by atoms with E-state index in [1.807, 2.05) is 0 Å². The van der Waals surface area contributed by atoms with E-state index in [0.717, 1.165) is 43.9 Å². The van der Waals surface area contributed by atoms with Crippen LogP contribution in [0.4, 0.5) is 0 Å². The van der Waals surface area contributed by atoms with Crippen molar-refractivity contribution >= 4 is 11.9 Å². The molecule has 0 bridgehead atoms. The van der Waals surface area contributed by atoms with E-state index >= 15 is 0 Å². The summed E-state index contributed by atoms with van der Waals surface area (Å²) in [5, 5.41) is 9.60. The second-order valence-corrected chi connectivity index (χ2v) is 17.3. The van der Waals surface area contributed by atoms with Crippen LogP contribution in [0.3, 0.4) is 0 Å². The topological polar surface area (TPSA) is 72.8 Å². The number of unbranched alkanes of at least 4 members (excludes halogenated alkanes) is 30. The summed E-state index contributed by atoms with van der Waals surface area (Å²) in [6.07, 6.45) is 46.0. The normalized spacial score (nSPS) is 12.7. The van der Waals surface area contributed by atoms with Crippen LogP contribution in [-0.4, -0.2) is 36.4 Å². The summed E-state index contributed by atoms with van der Waals surface area (Å²) in [5.41, 5.74) is 0. The molecule has 0 saturated heterocycles. The van der Waals surface area contributed by atoms with Gasteiger partial charge in [0.2, 0.25) is 0 Å². The fraction of sp³-hybridized carbons (Fsp3) is 0.958. The summed E-state index contributed by atoms with van der Waals surface area (Å²) in [4.78, 5) is 24.4. The van der Waals surface area contributed by atoms with E-state index < -0.39 is 6.10 Å². The zero-order chi connectivity index (χ0) is 38.9. The molecule has 2 atom stereocenters. The van der Waals surface area contributed by atoms with Crippen molar-refractivity contribution in [3.63, 3.8) is 0 Å². The molecule has 0 aromatic heterocycles. The molecule has 0 amide bonds. The third kappa shape index (κ3) is 41.9. The number of carbonyl (C=O) groups excluding carboxylic acids is 2. The first-order valence-corrected chi connectivity index (χ1v) is 23.8. The highest BCUT2D eigenvalue weighted by atomic mass is 16.6. The SMILES string of the molecule is CCC(C)CCCCCCCCCCCCCCCCCCCCC(=O)O[C@@H](CO)COC(=O)CCCCCCCCCCCCCCCCC(C)C. The van der Waals surface area contributed by atoms with Gasteiger partial charge in [-0.15, -0.1) is 0 Å². The molecule has 0 fully saturated rings. The molecule has 53 heavy (non-hydrogen) atoms. The van der Waals surface area contributed by atoms with Crippen LogP contribution in [-0.2, 0) is 19.1 Å². The van der Waals surface area contributed by atoms with Crippen LogP contribution in [0.15, 0.2) is 0 Å². The Bertz CT molecular complexity index is 752. The first-order valence-electron chi connectivity index (χ1n) is 23.8. The van der Waals surface area contributed by atoms with E-state index in [2.05, 4.69) is 27.7 Å². The molecule has 5 heteroatoms. The van der Waals surface area contributed by atoms with Gasteiger partial charge in [-0.3, -0.25) is 9.59 Å². The maximum atomic E-state index is 12.2. The van der Waals surface area contributed by atoms with Gasteiger partial charge in [-0.05, 0) is 24.7 Å². The second-order valence-electron chi connectivity index (χ2n) is 17.3. The molecule has 0 aromatic rings. The van der Waals surface area contributed by atoms with Crippen molar-refractivity contribution in [1.29, 1.82) is 0 Å². The third-order valence-corrected chi connectivity index (χ3v) is 11.4. The number of aliphatic hydroxyl groups is 1. The highest BCUT2D eigenvalue weighted by molar-refractivity contribution is 5.70. The molecule has 0 aliphatic rings.